The maximum absolute atomic E-state index is 12.0. The molecule has 0 bridgehead atoms. The third-order valence-electron chi connectivity index (χ3n) is 2.85. The number of phenols is 1. The number of phenolic OH excluding ortho intramolecular Hbond substituents is 1. The Labute approximate surface area is 122 Å². The highest BCUT2D eigenvalue weighted by Gasteiger charge is 2.13. The highest BCUT2D eigenvalue weighted by atomic mass is 32.2. The van der Waals surface area contributed by atoms with Gasteiger partial charge in [-0.25, -0.2) is 8.42 Å². The zero-order valence-electron chi connectivity index (χ0n) is 11.2. The largest absolute Gasteiger partial charge is 0.505 e. The van der Waals surface area contributed by atoms with Gasteiger partial charge in [-0.15, -0.1) is 0 Å². The number of para-hydroxylation sites is 1. The van der Waals surface area contributed by atoms with Crippen LogP contribution in [0.5, 0.6) is 5.75 Å². The van der Waals surface area contributed by atoms with Gasteiger partial charge in [-0.05, 0) is 36.4 Å². The molecule has 0 aliphatic carbocycles. The van der Waals surface area contributed by atoms with Crippen LogP contribution in [0.25, 0.3) is 0 Å². The van der Waals surface area contributed by atoms with Crippen molar-refractivity contribution in [1.29, 1.82) is 0 Å². The molecule has 4 N–H and O–H groups in total. The van der Waals surface area contributed by atoms with E-state index in [-0.39, 0.29) is 21.9 Å². The molecule has 21 heavy (non-hydrogen) atoms. The van der Waals surface area contributed by atoms with Crippen molar-refractivity contribution in [2.75, 3.05) is 17.3 Å². The van der Waals surface area contributed by atoms with E-state index in [1.165, 1.54) is 36.4 Å². The van der Waals surface area contributed by atoms with Gasteiger partial charge in [0.25, 0.3) is 5.91 Å². The summed E-state index contributed by atoms with van der Waals surface area (Å²) in [6.45, 7) is 0. The number of amides is 1. The van der Waals surface area contributed by atoms with Gasteiger partial charge in [0, 0.05) is 11.9 Å². The molecule has 0 aliphatic rings. The molecule has 7 heteroatoms. The summed E-state index contributed by atoms with van der Waals surface area (Å²) in [5, 5.41) is 12.3. The Morgan fingerprint density at radius 2 is 1.76 bits per heavy atom. The molecule has 0 saturated carbocycles. The van der Waals surface area contributed by atoms with Crippen molar-refractivity contribution in [1.82, 2.24) is 0 Å². The van der Waals surface area contributed by atoms with Crippen LogP contribution in [0.15, 0.2) is 47.4 Å². The zero-order chi connectivity index (χ0) is 15.6. The van der Waals surface area contributed by atoms with Crippen LogP contribution in [0.3, 0.4) is 0 Å². The molecule has 0 saturated heterocycles. The number of hydrogen-bond acceptors (Lipinski definition) is 5. The number of nitrogen functional groups attached to an aromatic ring is 1. The first-order chi connectivity index (χ1) is 9.79. The molecule has 0 atom stereocenters. The number of nitrogens with two attached hydrogens (primary N) is 1. The minimum Gasteiger partial charge on any atom is -0.505 e. The first kappa shape index (κ1) is 14.9. The second-order valence-corrected chi connectivity index (χ2v) is 6.51. The van der Waals surface area contributed by atoms with Crippen molar-refractivity contribution in [3.63, 3.8) is 0 Å². The Morgan fingerprint density at radius 1 is 1.14 bits per heavy atom. The van der Waals surface area contributed by atoms with Crippen LogP contribution in [0.4, 0.5) is 11.4 Å². The lowest BCUT2D eigenvalue weighted by atomic mass is 10.1. The predicted octanol–water partition coefficient (Wildman–Crippen LogP) is 1.63. The summed E-state index contributed by atoms with van der Waals surface area (Å²) in [7, 11) is -3.28. The van der Waals surface area contributed by atoms with E-state index >= 15 is 0 Å². The smallest absolute Gasteiger partial charge is 0.259 e. The lowest BCUT2D eigenvalue weighted by Crippen LogP contribution is -2.12. The molecule has 0 aliphatic heterocycles. The molecule has 110 valence electrons. The van der Waals surface area contributed by atoms with Gasteiger partial charge in [0.1, 0.15) is 0 Å². The summed E-state index contributed by atoms with van der Waals surface area (Å²) >= 11 is 0. The predicted molar refractivity (Wildman–Crippen MR) is 80.0 cm³/mol. The van der Waals surface area contributed by atoms with Crippen molar-refractivity contribution in [2.45, 2.75) is 4.90 Å². The normalized spacial score (nSPS) is 11.1. The van der Waals surface area contributed by atoms with E-state index in [1.807, 2.05) is 0 Å². The van der Waals surface area contributed by atoms with E-state index in [0.717, 1.165) is 6.26 Å². The fourth-order valence-corrected chi connectivity index (χ4v) is 2.36. The maximum Gasteiger partial charge on any atom is 0.259 e. The molecule has 0 radical (unpaired) electrons. The average molecular weight is 306 g/mol. The Hall–Kier alpha value is -2.54. The molecule has 0 fully saturated rings. The van der Waals surface area contributed by atoms with Crippen LogP contribution in [0.1, 0.15) is 10.4 Å². The molecule has 2 rings (SSSR count). The lowest BCUT2D eigenvalue weighted by Gasteiger charge is -2.08. The molecule has 2 aromatic rings. The minimum atomic E-state index is -3.28. The summed E-state index contributed by atoms with van der Waals surface area (Å²) in [4.78, 5) is 12.2. The Balaban J connectivity index is 2.22. The van der Waals surface area contributed by atoms with Crippen molar-refractivity contribution < 1.29 is 18.3 Å². The highest BCUT2D eigenvalue weighted by Crippen LogP contribution is 2.25. The third kappa shape index (κ3) is 3.32. The molecule has 6 nitrogen and oxygen atoms in total. The van der Waals surface area contributed by atoms with E-state index in [2.05, 4.69) is 5.32 Å². The second kappa shape index (κ2) is 5.45. The first-order valence-electron chi connectivity index (χ1n) is 5.98. The van der Waals surface area contributed by atoms with E-state index in [4.69, 9.17) is 5.73 Å². The van der Waals surface area contributed by atoms with Crippen LogP contribution < -0.4 is 11.1 Å². The Kier molecular flexibility index (Phi) is 3.86. The van der Waals surface area contributed by atoms with Gasteiger partial charge in [-0.1, -0.05) is 6.07 Å². The number of hydrogen-bond donors (Lipinski definition) is 3. The number of nitrogens with one attached hydrogen (secondary N) is 1. The van der Waals surface area contributed by atoms with Crippen molar-refractivity contribution in [2.24, 2.45) is 0 Å². The summed E-state index contributed by atoms with van der Waals surface area (Å²) in [5.74, 6) is -0.824. The van der Waals surface area contributed by atoms with E-state index in [0.29, 0.717) is 5.69 Å². The van der Waals surface area contributed by atoms with Crippen molar-refractivity contribution in [3.8, 4) is 5.75 Å². The number of sulfone groups is 1. The summed E-state index contributed by atoms with van der Waals surface area (Å²) in [5.41, 5.74) is 6.08. The number of benzene rings is 2. The van der Waals surface area contributed by atoms with Crippen LogP contribution in [0, 0.1) is 0 Å². The minimum absolute atomic E-state index is 0.0437. The number of carbonyl (C=O) groups excluding carboxylic acids is 1. The highest BCUT2D eigenvalue weighted by molar-refractivity contribution is 7.90. The molecular weight excluding hydrogens is 292 g/mol. The van der Waals surface area contributed by atoms with Gasteiger partial charge in [0.05, 0.1) is 16.1 Å². The third-order valence-corrected chi connectivity index (χ3v) is 3.98. The summed E-state index contributed by atoms with van der Waals surface area (Å²) in [6.07, 6.45) is 1.10. The first-order valence-corrected chi connectivity index (χ1v) is 7.87. The van der Waals surface area contributed by atoms with Gasteiger partial charge < -0.3 is 16.2 Å². The van der Waals surface area contributed by atoms with Crippen LogP contribution in [-0.4, -0.2) is 25.7 Å². The fourth-order valence-electron chi connectivity index (χ4n) is 1.73. The molecule has 2 aromatic carbocycles. The SMILES string of the molecule is CS(=O)(=O)c1ccc(NC(=O)c2cccc(N)c2O)cc1. The van der Waals surface area contributed by atoms with Gasteiger partial charge in [-0.2, -0.15) is 0 Å². The number of aromatic hydroxyl groups is 1. The number of anilines is 2. The number of rotatable bonds is 3. The van der Waals surface area contributed by atoms with Gasteiger partial charge >= 0.3 is 0 Å². The maximum atomic E-state index is 12.0. The van der Waals surface area contributed by atoms with Gasteiger partial charge in [0.2, 0.25) is 0 Å². The monoisotopic (exact) mass is 306 g/mol. The Bertz CT molecular complexity index is 783. The second-order valence-electron chi connectivity index (χ2n) is 4.49. The van der Waals surface area contributed by atoms with Gasteiger partial charge in [-0.3, -0.25) is 4.79 Å². The van der Waals surface area contributed by atoms with E-state index in [9.17, 15) is 18.3 Å². The summed E-state index contributed by atoms with van der Waals surface area (Å²) < 4.78 is 22.7. The van der Waals surface area contributed by atoms with Crippen molar-refractivity contribution in [3.05, 3.63) is 48.0 Å². The zero-order valence-corrected chi connectivity index (χ0v) is 12.0. The molecule has 0 heterocycles. The van der Waals surface area contributed by atoms with Crippen LogP contribution in [0.2, 0.25) is 0 Å². The molecule has 0 spiro atoms. The average Bonchev–Trinajstić information content (AvgIpc) is 2.41. The Morgan fingerprint density at radius 3 is 2.33 bits per heavy atom. The molecule has 0 unspecified atom stereocenters. The fraction of sp³-hybridized carbons (Fsp3) is 0.0714. The van der Waals surface area contributed by atoms with Crippen molar-refractivity contribution >= 4 is 27.1 Å². The van der Waals surface area contributed by atoms with Gasteiger partial charge in [0.15, 0.2) is 15.6 Å². The standard InChI is InChI=1S/C14H14N2O4S/c1-21(19,20)10-7-5-9(6-8-10)16-14(18)11-3-2-4-12(15)13(11)17/h2-8,17H,15H2,1H3,(H,16,18). The van der Waals surface area contributed by atoms with E-state index < -0.39 is 15.7 Å². The van der Waals surface area contributed by atoms with Crippen LogP contribution >= 0.6 is 0 Å². The molecule has 0 aromatic heterocycles. The molecule has 1 amide bonds. The molecular formula is C14H14N2O4S. The topological polar surface area (TPSA) is 109 Å². The van der Waals surface area contributed by atoms with E-state index in [1.54, 1.807) is 6.07 Å². The number of carbonyl (C=O) groups is 1. The summed E-state index contributed by atoms with van der Waals surface area (Å²) in [6, 6.07) is 10.2. The lowest BCUT2D eigenvalue weighted by molar-refractivity contribution is 0.102. The quantitative estimate of drug-likeness (QED) is 0.590. The van der Waals surface area contributed by atoms with Crippen LogP contribution in [-0.2, 0) is 9.84 Å².